The normalized spacial score (nSPS) is 14.7. The fourth-order valence-corrected chi connectivity index (χ4v) is 3.05. The highest BCUT2D eigenvalue weighted by molar-refractivity contribution is 5.97. The van der Waals surface area contributed by atoms with E-state index in [1.165, 1.54) is 0 Å². The lowest BCUT2D eigenvalue weighted by Gasteiger charge is -2.34. The molecule has 0 atom stereocenters. The van der Waals surface area contributed by atoms with Crippen molar-refractivity contribution in [2.75, 3.05) is 39.9 Å². The van der Waals surface area contributed by atoms with Gasteiger partial charge < -0.3 is 14.5 Å². The number of piperazine rings is 1. The summed E-state index contributed by atoms with van der Waals surface area (Å²) in [5.41, 5.74) is 3.89. The molecule has 2 heterocycles. The minimum atomic E-state index is -0.0316. The zero-order valence-corrected chi connectivity index (χ0v) is 15.5. The number of hydrogen-bond donors (Lipinski definition) is 0. The van der Waals surface area contributed by atoms with Crippen molar-refractivity contribution in [1.29, 1.82) is 0 Å². The highest BCUT2D eigenvalue weighted by atomic mass is 16.5. The first kappa shape index (κ1) is 18.3. The fraction of sp³-hybridized carbons (Fsp3) is 0.474. The molecule has 2 aromatic rings. The summed E-state index contributed by atoms with van der Waals surface area (Å²) in [6, 6.07) is 5.43. The Morgan fingerprint density at radius 3 is 2.27 bits per heavy atom. The molecule has 3 rings (SSSR count). The molecule has 0 saturated carbocycles. The van der Waals surface area contributed by atoms with Crippen molar-refractivity contribution in [3.63, 3.8) is 0 Å². The third kappa shape index (κ3) is 3.83. The van der Waals surface area contributed by atoms with Gasteiger partial charge in [-0.2, -0.15) is 0 Å². The van der Waals surface area contributed by atoms with Crippen molar-refractivity contribution in [3.8, 4) is 0 Å². The van der Waals surface area contributed by atoms with E-state index in [0.29, 0.717) is 44.8 Å². The number of carbonyl (C=O) groups is 2. The summed E-state index contributed by atoms with van der Waals surface area (Å²) in [5, 5.41) is 0. The Kier molecular flexibility index (Phi) is 5.46. The van der Waals surface area contributed by atoms with Gasteiger partial charge in [0.15, 0.2) is 0 Å². The lowest BCUT2D eigenvalue weighted by molar-refractivity contribution is -0.133. The van der Waals surface area contributed by atoms with Crippen LogP contribution < -0.4 is 0 Å². The van der Waals surface area contributed by atoms with E-state index >= 15 is 0 Å². The number of rotatable bonds is 4. The van der Waals surface area contributed by atoms with Crippen LogP contribution in [-0.4, -0.2) is 71.5 Å². The molecule has 1 fully saturated rings. The van der Waals surface area contributed by atoms with Crippen LogP contribution in [-0.2, 0) is 9.53 Å². The molecule has 138 valence electrons. The topological polar surface area (TPSA) is 75.6 Å². The molecule has 7 nitrogen and oxygen atoms in total. The van der Waals surface area contributed by atoms with Gasteiger partial charge in [0.2, 0.25) is 5.91 Å². The largest absolute Gasteiger partial charge is 0.384 e. The average molecular weight is 356 g/mol. The van der Waals surface area contributed by atoms with E-state index in [2.05, 4.69) is 9.97 Å². The molecule has 1 saturated heterocycles. The number of ether oxygens (including phenoxy) is 1. The molecule has 0 spiro atoms. The Labute approximate surface area is 153 Å². The first-order valence-corrected chi connectivity index (χ1v) is 8.80. The molecule has 0 N–H and O–H groups in total. The van der Waals surface area contributed by atoms with Gasteiger partial charge in [-0.15, -0.1) is 0 Å². The lowest BCUT2D eigenvalue weighted by Crippen LogP contribution is -2.50. The van der Waals surface area contributed by atoms with E-state index in [1.54, 1.807) is 29.0 Å². The maximum atomic E-state index is 12.8. The minimum Gasteiger partial charge on any atom is -0.384 e. The van der Waals surface area contributed by atoms with Crippen molar-refractivity contribution in [3.05, 3.63) is 35.2 Å². The molecular formula is C19H24N4O3. The van der Waals surface area contributed by atoms with Gasteiger partial charge in [0, 0.05) is 38.9 Å². The van der Waals surface area contributed by atoms with Crippen molar-refractivity contribution < 1.29 is 14.3 Å². The Morgan fingerprint density at radius 1 is 1.00 bits per heavy atom. The number of nitrogens with zero attached hydrogens (tertiary/aromatic N) is 4. The van der Waals surface area contributed by atoms with Crippen LogP contribution in [0.4, 0.5) is 0 Å². The van der Waals surface area contributed by atoms with Crippen LogP contribution in [0.15, 0.2) is 18.2 Å². The number of aryl methyl sites for hydroxylation is 2. The Balaban J connectivity index is 1.68. The molecule has 1 aliphatic rings. The van der Waals surface area contributed by atoms with Gasteiger partial charge in [-0.1, -0.05) is 0 Å². The fourth-order valence-electron chi connectivity index (χ4n) is 3.05. The van der Waals surface area contributed by atoms with E-state index < -0.39 is 0 Å². The van der Waals surface area contributed by atoms with Gasteiger partial charge >= 0.3 is 0 Å². The number of amides is 2. The van der Waals surface area contributed by atoms with Gasteiger partial charge in [-0.05, 0) is 32.0 Å². The summed E-state index contributed by atoms with van der Waals surface area (Å²) in [4.78, 5) is 37.4. The zero-order valence-electron chi connectivity index (χ0n) is 15.5. The maximum absolute atomic E-state index is 12.8. The van der Waals surface area contributed by atoms with Gasteiger partial charge in [0.25, 0.3) is 5.91 Å². The standard InChI is InChI=1S/C19H24N4O3/c1-13-14(2)21-17-12-15(4-5-16(17)20-13)19(25)23-9-7-22(8-10-23)18(24)6-11-26-3/h4-5,12H,6-11H2,1-3H3. The van der Waals surface area contributed by atoms with Gasteiger partial charge in [-0.25, -0.2) is 9.97 Å². The second-order valence-electron chi connectivity index (χ2n) is 6.51. The molecule has 0 aliphatic carbocycles. The Hall–Kier alpha value is -2.54. The molecule has 1 aromatic carbocycles. The number of fused-ring (bicyclic) bond motifs is 1. The van der Waals surface area contributed by atoms with E-state index in [9.17, 15) is 9.59 Å². The van der Waals surface area contributed by atoms with E-state index in [4.69, 9.17) is 4.74 Å². The zero-order chi connectivity index (χ0) is 18.7. The molecular weight excluding hydrogens is 332 g/mol. The highest BCUT2D eigenvalue weighted by Crippen LogP contribution is 2.17. The van der Waals surface area contributed by atoms with Crippen LogP contribution in [0.3, 0.4) is 0 Å². The second-order valence-corrected chi connectivity index (χ2v) is 6.51. The lowest BCUT2D eigenvalue weighted by atomic mass is 10.1. The van der Waals surface area contributed by atoms with E-state index in [0.717, 1.165) is 22.4 Å². The third-order valence-electron chi connectivity index (χ3n) is 4.76. The highest BCUT2D eigenvalue weighted by Gasteiger charge is 2.24. The van der Waals surface area contributed by atoms with Crippen LogP contribution in [0.25, 0.3) is 11.0 Å². The molecule has 7 heteroatoms. The van der Waals surface area contributed by atoms with E-state index in [1.807, 2.05) is 19.9 Å². The molecule has 0 bridgehead atoms. The maximum Gasteiger partial charge on any atom is 0.254 e. The summed E-state index contributed by atoms with van der Waals surface area (Å²) in [7, 11) is 1.58. The monoisotopic (exact) mass is 356 g/mol. The Bertz CT molecular complexity index is 829. The van der Waals surface area contributed by atoms with Crippen LogP contribution >= 0.6 is 0 Å². The Morgan fingerprint density at radius 2 is 1.62 bits per heavy atom. The van der Waals surface area contributed by atoms with Crippen molar-refractivity contribution in [2.24, 2.45) is 0 Å². The molecule has 1 aliphatic heterocycles. The van der Waals surface area contributed by atoms with Gasteiger partial charge in [-0.3, -0.25) is 9.59 Å². The number of aromatic nitrogens is 2. The van der Waals surface area contributed by atoms with Crippen LogP contribution in [0, 0.1) is 13.8 Å². The van der Waals surface area contributed by atoms with Crippen molar-refractivity contribution in [2.45, 2.75) is 20.3 Å². The predicted molar refractivity (Wildman–Crippen MR) is 98.0 cm³/mol. The van der Waals surface area contributed by atoms with Crippen molar-refractivity contribution in [1.82, 2.24) is 19.8 Å². The SMILES string of the molecule is COCCC(=O)N1CCN(C(=O)c2ccc3nc(C)c(C)nc3c2)CC1. The first-order chi connectivity index (χ1) is 12.5. The number of hydrogen-bond acceptors (Lipinski definition) is 5. The number of methoxy groups -OCH3 is 1. The van der Waals surface area contributed by atoms with Gasteiger partial charge in [0.1, 0.15) is 0 Å². The third-order valence-corrected chi connectivity index (χ3v) is 4.76. The number of carbonyl (C=O) groups excluding carboxylic acids is 2. The summed E-state index contributed by atoms with van der Waals surface area (Å²) in [6.45, 7) is 6.45. The summed E-state index contributed by atoms with van der Waals surface area (Å²) in [6.07, 6.45) is 0.382. The van der Waals surface area contributed by atoms with Crippen LogP contribution in [0.1, 0.15) is 28.2 Å². The summed E-state index contributed by atoms with van der Waals surface area (Å²) >= 11 is 0. The smallest absolute Gasteiger partial charge is 0.254 e. The first-order valence-electron chi connectivity index (χ1n) is 8.80. The molecule has 26 heavy (non-hydrogen) atoms. The average Bonchev–Trinajstić information content (AvgIpc) is 2.66. The second kappa shape index (κ2) is 7.78. The van der Waals surface area contributed by atoms with Crippen molar-refractivity contribution >= 4 is 22.8 Å². The summed E-state index contributed by atoms with van der Waals surface area (Å²) in [5.74, 6) is 0.0432. The minimum absolute atomic E-state index is 0.0316. The summed E-state index contributed by atoms with van der Waals surface area (Å²) < 4.78 is 4.95. The quantitative estimate of drug-likeness (QED) is 0.831. The van der Waals surface area contributed by atoms with Gasteiger partial charge in [0.05, 0.1) is 35.4 Å². The number of benzene rings is 1. The molecule has 0 radical (unpaired) electrons. The van der Waals surface area contributed by atoms with Crippen LogP contribution in [0.5, 0.6) is 0 Å². The molecule has 1 aromatic heterocycles. The van der Waals surface area contributed by atoms with Crippen LogP contribution in [0.2, 0.25) is 0 Å². The predicted octanol–water partition coefficient (Wildman–Crippen LogP) is 1.57. The molecule has 0 unspecified atom stereocenters. The molecule has 2 amide bonds. The van der Waals surface area contributed by atoms with E-state index in [-0.39, 0.29) is 11.8 Å².